The Bertz CT molecular complexity index is 583. The lowest BCUT2D eigenvalue weighted by Gasteiger charge is -2.06. The Kier molecular flexibility index (Phi) is 6.04. The van der Waals surface area contributed by atoms with Crippen LogP contribution >= 0.6 is 22.9 Å². The van der Waals surface area contributed by atoms with Crippen LogP contribution in [-0.2, 0) is 17.8 Å². The summed E-state index contributed by atoms with van der Waals surface area (Å²) < 4.78 is 6.40. The first-order chi connectivity index (χ1) is 10.2. The molecule has 2 aromatic rings. The number of aliphatic hydroxyl groups is 1. The molecule has 0 aliphatic heterocycles. The fraction of sp³-hybridized carbons (Fsp3) is 0.267. The van der Waals surface area contributed by atoms with Gasteiger partial charge in [0.1, 0.15) is 12.4 Å². The molecular formula is C15H16ClNO3S. The molecule has 0 saturated carbocycles. The predicted octanol–water partition coefficient (Wildman–Crippen LogP) is 2.63. The van der Waals surface area contributed by atoms with Crippen LogP contribution in [0, 0.1) is 0 Å². The summed E-state index contributed by atoms with van der Waals surface area (Å²) in [4.78, 5) is 12.6. The third kappa shape index (κ3) is 5.38. The summed E-state index contributed by atoms with van der Waals surface area (Å²) in [6.07, 6.45) is 0.292. The van der Waals surface area contributed by atoms with E-state index in [1.807, 2.05) is 36.4 Å². The Morgan fingerprint density at radius 3 is 2.62 bits per heavy atom. The van der Waals surface area contributed by atoms with Crippen molar-refractivity contribution in [1.82, 2.24) is 5.32 Å². The SMILES string of the molecule is O=C(Cc1ccc(OCc2ccc(Cl)s2)cc1)NCCO. The van der Waals surface area contributed by atoms with Crippen LogP contribution in [0.15, 0.2) is 36.4 Å². The molecule has 1 aromatic heterocycles. The average Bonchev–Trinajstić information content (AvgIpc) is 2.90. The fourth-order valence-corrected chi connectivity index (χ4v) is 2.73. The van der Waals surface area contributed by atoms with Gasteiger partial charge in [0.2, 0.25) is 5.91 Å². The number of halogens is 1. The van der Waals surface area contributed by atoms with E-state index in [0.717, 1.165) is 20.5 Å². The Labute approximate surface area is 132 Å². The van der Waals surface area contributed by atoms with Crippen molar-refractivity contribution in [3.05, 3.63) is 51.2 Å². The Morgan fingerprint density at radius 1 is 1.24 bits per heavy atom. The summed E-state index contributed by atoms with van der Waals surface area (Å²) in [5.41, 5.74) is 0.900. The van der Waals surface area contributed by atoms with Gasteiger partial charge < -0.3 is 15.2 Å². The van der Waals surface area contributed by atoms with Gasteiger partial charge in [0.05, 0.1) is 17.4 Å². The van der Waals surface area contributed by atoms with Crippen molar-refractivity contribution in [1.29, 1.82) is 0 Å². The summed E-state index contributed by atoms with van der Waals surface area (Å²) in [5.74, 6) is 0.644. The number of thiophene rings is 1. The highest BCUT2D eigenvalue weighted by atomic mass is 35.5. The molecule has 0 aliphatic carbocycles. The highest BCUT2D eigenvalue weighted by Crippen LogP contribution is 2.23. The van der Waals surface area contributed by atoms with E-state index in [1.54, 1.807) is 0 Å². The van der Waals surface area contributed by atoms with Crippen LogP contribution in [0.3, 0.4) is 0 Å². The summed E-state index contributed by atoms with van der Waals surface area (Å²) in [6.45, 7) is 0.711. The van der Waals surface area contributed by atoms with Crippen LogP contribution in [0.1, 0.15) is 10.4 Å². The molecule has 0 radical (unpaired) electrons. The van der Waals surface area contributed by atoms with Crippen LogP contribution < -0.4 is 10.1 Å². The topological polar surface area (TPSA) is 58.6 Å². The van der Waals surface area contributed by atoms with Crippen LogP contribution in [-0.4, -0.2) is 24.2 Å². The predicted molar refractivity (Wildman–Crippen MR) is 83.9 cm³/mol. The maximum absolute atomic E-state index is 11.5. The minimum absolute atomic E-state index is 0.0503. The molecule has 0 spiro atoms. The average molecular weight is 326 g/mol. The summed E-state index contributed by atoms with van der Waals surface area (Å²) >= 11 is 7.35. The Balaban J connectivity index is 1.82. The van der Waals surface area contributed by atoms with Gasteiger partial charge in [0.15, 0.2) is 0 Å². The molecule has 0 bridgehead atoms. The number of hydrogen-bond acceptors (Lipinski definition) is 4. The number of amides is 1. The Hall–Kier alpha value is -1.56. The monoisotopic (exact) mass is 325 g/mol. The zero-order chi connectivity index (χ0) is 15.1. The number of carbonyl (C=O) groups is 1. The van der Waals surface area contributed by atoms with E-state index in [9.17, 15) is 4.79 Å². The van der Waals surface area contributed by atoms with Gasteiger partial charge in [-0.25, -0.2) is 0 Å². The van der Waals surface area contributed by atoms with Gasteiger partial charge in [-0.15, -0.1) is 11.3 Å². The van der Waals surface area contributed by atoms with Gasteiger partial charge in [-0.1, -0.05) is 23.7 Å². The van der Waals surface area contributed by atoms with E-state index in [1.165, 1.54) is 11.3 Å². The van der Waals surface area contributed by atoms with Crippen molar-refractivity contribution < 1.29 is 14.6 Å². The first-order valence-electron chi connectivity index (χ1n) is 6.51. The zero-order valence-corrected chi connectivity index (χ0v) is 12.9. The lowest BCUT2D eigenvalue weighted by Crippen LogP contribution is -2.27. The van der Waals surface area contributed by atoms with Crippen LogP contribution in [0.25, 0.3) is 0 Å². The van der Waals surface area contributed by atoms with E-state index >= 15 is 0 Å². The van der Waals surface area contributed by atoms with E-state index in [-0.39, 0.29) is 19.1 Å². The van der Waals surface area contributed by atoms with Gasteiger partial charge >= 0.3 is 0 Å². The summed E-state index contributed by atoms with van der Waals surface area (Å²) in [7, 11) is 0. The van der Waals surface area contributed by atoms with Gasteiger partial charge in [-0.05, 0) is 29.8 Å². The first-order valence-corrected chi connectivity index (χ1v) is 7.70. The lowest BCUT2D eigenvalue weighted by molar-refractivity contribution is -0.120. The van der Waals surface area contributed by atoms with Crippen molar-refractivity contribution in [2.45, 2.75) is 13.0 Å². The van der Waals surface area contributed by atoms with Gasteiger partial charge in [-0.2, -0.15) is 0 Å². The number of carbonyl (C=O) groups excluding carboxylic acids is 1. The molecule has 4 nitrogen and oxygen atoms in total. The van der Waals surface area contributed by atoms with E-state index in [2.05, 4.69) is 5.32 Å². The molecule has 21 heavy (non-hydrogen) atoms. The maximum atomic E-state index is 11.5. The fourth-order valence-electron chi connectivity index (χ4n) is 1.73. The third-order valence-corrected chi connectivity index (χ3v) is 3.94. The van der Waals surface area contributed by atoms with Crippen molar-refractivity contribution in [2.24, 2.45) is 0 Å². The molecule has 1 amide bonds. The van der Waals surface area contributed by atoms with E-state index < -0.39 is 0 Å². The van der Waals surface area contributed by atoms with Crippen LogP contribution in [0.4, 0.5) is 0 Å². The number of ether oxygens (including phenoxy) is 1. The normalized spacial score (nSPS) is 10.4. The van der Waals surface area contributed by atoms with Crippen molar-refractivity contribution >= 4 is 28.8 Å². The highest BCUT2D eigenvalue weighted by Gasteiger charge is 2.04. The first kappa shape index (κ1) is 15.8. The molecule has 0 unspecified atom stereocenters. The van der Waals surface area contributed by atoms with Gasteiger partial charge in [0, 0.05) is 11.4 Å². The molecule has 1 aromatic carbocycles. The number of nitrogens with one attached hydrogen (secondary N) is 1. The minimum Gasteiger partial charge on any atom is -0.488 e. The molecule has 1 heterocycles. The molecule has 2 N–H and O–H groups in total. The molecule has 0 fully saturated rings. The molecular weight excluding hydrogens is 310 g/mol. The molecule has 2 rings (SSSR count). The summed E-state index contributed by atoms with van der Waals surface area (Å²) in [5, 5.41) is 11.2. The van der Waals surface area contributed by atoms with Gasteiger partial charge in [-0.3, -0.25) is 4.79 Å². The lowest BCUT2D eigenvalue weighted by atomic mass is 10.1. The number of aliphatic hydroxyl groups excluding tert-OH is 1. The summed E-state index contributed by atoms with van der Waals surface area (Å²) in [6, 6.07) is 11.2. The van der Waals surface area contributed by atoms with Gasteiger partial charge in [0.25, 0.3) is 0 Å². The van der Waals surface area contributed by atoms with Crippen molar-refractivity contribution in [2.75, 3.05) is 13.2 Å². The molecule has 0 atom stereocenters. The minimum atomic E-state index is -0.106. The standard InChI is InChI=1S/C15H16ClNO3S/c16-14-6-5-13(21-14)10-20-12-3-1-11(2-4-12)9-15(19)17-7-8-18/h1-6,18H,7-10H2,(H,17,19). The largest absolute Gasteiger partial charge is 0.488 e. The second-order valence-electron chi connectivity index (χ2n) is 4.39. The molecule has 0 aliphatic rings. The van der Waals surface area contributed by atoms with Crippen LogP contribution in [0.5, 0.6) is 5.75 Å². The van der Waals surface area contributed by atoms with E-state index in [4.69, 9.17) is 21.4 Å². The highest BCUT2D eigenvalue weighted by molar-refractivity contribution is 7.16. The zero-order valence-electron chi connectivity index (χ0n) is 11.3. The third-order valence-electron chi connectivity index (χ3n) is 2.73. The molecule has 112 valence electrons. The van der Waals surface area contributed by atoms with Crippen molar-refractivity contribution in [3.63, 3.8) is 0 Å². The number of hydrogen-bond donors (Lipinski definition) is 2. The maximum Gasteiger partial charge on any atom is 0.224 e. The van der Waals surface area contributed by atoms with Crippen molar-refractivity contribution in [3.8, 4) is 5.75 Å². The number of rotatable bonds is 7. The Morgan fingerprint density at radius 2 is 2.00 bits per heavy atom. The second-order valence-corrected chi connectivity index (χ2v) is 6.19. The quantitative estimate of drug-likeness (QED) is 0.822. The number of benzene rings is 1. The smallest absolute Gasteiger partial charge is 0.224 e. The van der Waals surface area contributed by atoms with Crippen LogP contribution in [0.2, 0.25) is 4.34 Å². The molecule has 6 heteroatoms. The molecule has 0 saturated heterocycles. The second kappa shape index (κ2) is 8.02. The van der Waals surface area contributed by atoms with E-state index in [0.29, 0.717) is 13.0 Å².